The third-order valence-electron chi connectivity index (χ3n) is 11.7. The number of hydrogen-bond donors (Lipinski definition) is 0. The normalized spacial score (nSPS) is 14.5. The largest absolute Gasteiger partial charge is 0.0619 e. The maximum absolute atomic E-state index is 2.43. The van der Waals surface area contributed by atoms with E-state index in [9.17, 15) is 0 Å². The molecule has 0 heterocycles. The van der Waals surface area contributed by atoms with Crippen molar-refractivity contribution >= 4 is 21.5 Å². The SMILES string of the molecule is Cc1cc2ccccc2c2cccc(-c3cccc(-c4cccc(-c5cccc(-c6ccc7c(c6)C(C)(C)c6ccccc6-7)c5)c4)c3C3CC3)c12. The summed E-state index contributed by atoms with van der Waals surface area (Å²) in [6, 6.07) is 59.3. The first-order valence-electron chi connectivity index (χ1n) is 18.5. The van der Waals surface area contributed by atoms with Crippen LogP contribution in [0.25, 0.3) is 77.2 Å². The quantitative estimate of drug-likeness (QED) is 0.162. The van der Waals surface area contributed by atoms with Gasteiger partial charge in [0.2, 0.25) is 0 Å². The van der Waals surface area contributed by atoms with Crippen molar-refractivity contribution in [2.75, 3.05) is 0 Å². The monoisotopic (exact) mass is 652 g/mol. The maximum atomic E-state index is 2.43. The molecular formula is C51H40. The van der Waals surface area contributed by atoms with Crippen molar-refractivity contribution in [3.05, 3.63) is 180 Å². The molecule has 0 radical (unpaired) electrons. The Morgan fingerprint density at radius 1 is 0.431 bits per heavy atom. The Morgan fingerprint density at radius 3 is 1.80 bits per heavy atom. The minimum atomic E-state index is -0.0137. The topological polar surface area (TPSA) is 0 Å². The van der Waals surface area contributed by atoms with Crippen molar-refractivity contribution in [3.8, 4) is 55.6 Å². The van der Waals surface area contributed by atoms with E-state index in [-0.39, 0.29) is 5.41 Å². The van der Waals surface area contributed by atoms with Crippen LogP contribution in [-0.2, 0) is 5.41 Å². The van der Waals surface area contributed by atoms with E-state index >= 15 is 0 Å². The van der Waals surface area contributed by atoms with E-state index in [4.69, 9.17) is 0 Å². The Hall–Kier alpha value is -5.72. The average Bonchev–Trinajstić information content (AvgIpc) is 4.00. The molecule has 0 spiro atoms. The van der Waals surface area contributed by atoms with Gasteiger partial charge in [0, 0.05) is 5.41 Å². The van der Waals surface area contributed by atoms with E-state index in [0.717, 1.165) is 0 Å². The van der Waals surface area contributed by atoms with Crippen LogP contribution in [0, 0.1) is 6.92 Å². The van der Waals surface area contributed by atoms with Crippen LogP contribution in [0.3, 0.4) is 0 Å². The van der Waals surface area contributed by atoms with E-state index in [1.54, 1.807) is 0 Å². The van der Waals surface area contributed by atoms with Crippen LogP contribution in [0.4, 0.5) is 0 Å². The minimum Gasteiger partial charge on any atom is -0.0619 e. The summed E-state index contributed by atoms with van der Waals surface area (Å²) >= 11 is 0. The van der Waals surface area contributed by atoms with Gasteiger partial charge in [0.1, 0.15) is 0 Å². The molecule has 0 amide bonds. The molecule has 0 bridgehead atoms. The van der Waals surface area contributed by atoms with Crippen molar-refractivity contribution in [2.45, 2.75) is 44.9 Å². The van der Waals surface area contributed by atoms with Crippen molar-refractivity contribution in [3.63, 3.8) is 0 Å². The van der Waals surface area contributed by atoms with Crippen LogP contribution < -0.4 is 0 Å². The number of rotatable bonds is 5. The van der Waals surface area contributed by atoms with E-state index in [0.29, 0.717) is 5.92 Å². The molecule has 0 unspecified atom stereocenters. The second-order valence-electron chi connectivity index (χ2n) is 15.3. The van der Waals surface area contributed by atoms with E-state index in [1.165, 1.54) is 112 Å². The number of fused-ring (bicyclic) bond motifs is 6. The molecule has 2 aliphatic rings. The fraction of sp³-hybridized carbons (Fsp3) is 0.137. The highest BCUT2D eigenvalue weighted by Gasteiger charge is 2.35. The van der Waals surface area contributed by atoms with Crippen molar-refractivity contribution in [1.29, 1.82) is 0 Å². The van der Waals surface area contributed by atoms with Crippen LogP contribution >= 0.6 is 0 Å². The molecule has 1 saturated carbocycles. The third kappa shape index (κ3) is 4.81. The van der Waals surface area contributed by atoms with Gasteiger partial charge >= 0.3 is 0 Å². The fourth-order valence-electron chi connectivity index (χ4n) is 9.09. The molecule has 51 heavy (non-hydrogen) atoms. The summed E-state index contributed by atoms with van der Waals surface area (Å²) < 4.78 is 0. The van der Waals surface area contributed by atoms with Crippen LogP contribution in [-0.4, -0.2) is 0 Å². The van der Waals surface area contributed by atoms with Gasteiger partial charge in [-0.2, -0.15) is 0 Å². The average molecular weight is 653 g/mol. The van der Waals surface area contributed by atoms with E-state index in [1.807, 2.05) is 0 Å². The smallest absolute Gasteiger partial charge is 0.0159 e. The molecule has 0 atom stereocenters. The zero-order valence-electron chi connectivity index (χ0n) is 29.5. The van der Waals surface area contributed by atoms with Gasteiger partial charge in [0.15, 0.2) is 0 Å². The lowest BCUT2D eigenvalue weighted by molar-refractivity contribution is 0.660. The number of benzene rings is 8. The Balaban J connectivity index is 1.06. The van der Waals surface area contributed by atoms with Crippen molar-refractivity contribution in [1.82, 2.24) is 0 Å². The summed E-state index contributed by atoms with van der Waals surface area (Å²) in [6.07, 6.45) is 2.50. The Kier molecular flexibility index (Phi) is 6.74. The predicted molar refractivity (Wildman–Crippen MR) is 217 cm³/mol. The first-order valence-corrected chi connectivity index (χ1v) is 18.5. The summed E-state index contributed by atoms with van der Waals surface area (Å²) in [4.78, 5) is 0. The van der Waals surface area contributed by atoms with E-state index < -0.39 is 0 Å². The number of aryl methyl sites for hydroxylation is 1. The lowest BCUT2D eigenvalue weighted by Gasteiger charge is -2.22. The molecule has 0 aromatic heterocycles. The summed E-state index contributed by atoms with van der Waals surface area (Å²) in [7, 11) is 0. The van der Waals surface area contributed by atoms with Crippen LogP contribution in [0.2, 0.25) is 0 Å². The highest BCUT2D eigenvalue weighted by molar-refractivity contribution is 6.14. The predicted octanol–water partition coefficient (Wildman–Crippen LogP) is 14.2. The van der Waals surface area contributed by atoms with Crippen LogP contribution in [0.15, 0.2) is 158 Å². The van der Waals surface area contributed by atoms with E-state index in [2.05, 4.69) is 178 Å². The fourth-order valence-corrected chi connectivity index (χ4v) is 9.09. The summed E-state index contributed by atoms with van der Waals surface area (Å²) in [5.41, 5.74) is 18.8. The van der Waals surface area contributed by atoms with Crippen LogP contribution in [0.1, 0.15) is 54.9 Å². The maximum Gasteiger partial charge on any atom is 0.0159 e. The van der Waals surface area contributed by atoms with Gasteiger partial charge in [-0.05, 0) is 143 Å². The summed E-state index contributed by atoms with van der Waals surface area (Å²) in [6.45, 7) is 6.99. The lowest BCUT2D eigenvalue weighted by atomic mass is 9.81. The highest BCUT2D eigenvalue weighted by atomic mass is 14.4. The van der Waals surface area contributed by atoms with Gasteiger partial charge in [0.25, 0.3) is 0 Å². The zero-order chi connectivity index (χ0) is 34.3. The Labute approximate surface area is 301 Å². The number of hydrogen-bond acceptors (Lipinski definition) is 0. The first kappa shape index (κ1) is 30.1. The summed E-state index contributed by atoms with van der Waals surface area (Å²) in [5, 5.41) is 5.35. The molecule has 8 aromatic carbocycles. The lowest BCUT2D eigenvalue weighted by Crippen LogP contribution is -2.14. The Morgan fingerprint density at radius 2 is 1.00 bits per heavy atom. The highest BCUT2D eigenvalue weighted by Crippen LogP contribution is 2.51. The van der Waals surface area contributed by atoms with Crippen molar-refractivity contribution in [2.24, 2.45) is 0 Å². The molecule has 2 aliphatic carbocycles. The molecule has 0 saturated heterocycles. The standard InChI is InChI=1S/C51H40/c1-32-28-38-12-4-5-17-40(38)44-20-11-21-45(49(32)44)46-22-10-19-41(50(46)33-24-25-33)39-16-9-15-36(30-39)34-13-8-14-35(29-34)37-26-27-43-42-18-6-7-23-47(42)51(2,3)48(43)31-37/h4-23,26-31,33H,24-25H2,1-3H3. The molecule has 0 aliphatic heterocycles. The molecule has 0 nitrogen and oxygen atoms in total. The molecule has 10 rings (SSSR count). The zero-order valence-corrected chi connectivity index (χ0v) is 29.5. The van der Waals surface area contributed by atoms with Gasteiger partial charge < -0.3 is 0 Å². The molecular weight excluding hydrogens is 613 g/mol. The second-order valence-corrected chi connectivity index (χ2v) is 15.3. The third-order valence-corrected chi connectivity index (χ3v) is 11.7. The van der Waals surface area contributed by atoms with Gasteiger partial charge in [-0.25, -0.2) is 0 Å². The van der Waals surface area contributed by atoms with Gasteiger partial charge in [-0.15, -0.1) is 0 Å². The van der Waals surface area contributed by atoms with Gasteiger partial charge in [-0.1, -0.05) is 153 Å². The second kappa shape index (κ2) is 11.4. The molecule has 8 aromatic rings. The molecule has 1 fully saturated rings. The summed E-state index contributed by atoms with van der Waals surface area (Å²) in [5.74, 6) is 0.592. The van der Waals surface area contributed by atoms with Gasteiger partial charge in [0.05, 0.1) is 0 Å². The van der Waals surface area contributed by atoms with Crippen LogP contribution in [0.5, 0.6) is 0 Å². The molecule has 0 N–H and O–H groups in total. The minimum absolute atomic E-state index is 0.0137. The molecule has 244 valence electrons. The Bertz CT molecular complexity index is 2680. The molecule has 0 heteroatoms. The van der Waals surface area contributed by atoms with Crippen molar-refractivity contribution < 1.29 is 0 Å². The first-order chi connectivity index (χ1) is 25.0. The van der Waals surface area contributed by atoms with Gasteiger partial charge in [-0.3, -0.25) is 0 Å².